The largest absolute Gasteiger partial charge is 0.416 e. The van der Waals surface area contributed by atoms with E-state index < -0.39 is 11.7 Å². The Balaban J connectivity index is 1.88. The van der Waals surface area contributed by atoms with Crippen molar-refractivity contribution in [1.82, 2.24) is 19.5 Å². The first kappa shape index (κ1) is 23.7. The van der Waals surface area contributed by atoms with Crippen LogP contribution in [0.2, 0.25) is 0 Å². The molecule has 0 bridgehead atoms. The lowest BCUT2D eigenvalue weighted by molar-refractivity contribution is -0.138. The number of halogens is 3. The molecule has 3 heterocycles. The number of benzene rings is 1. The van der Waals surface area contributed by atoms with E-state index in [0.29, 0.717) is 61.0 Å². The van der Waals surface area contributed by atoms with E-state index in [4.69, 9.17) is 9.84 Å². The molecule has 180 valence electrons. The zero-order valence-electron chi connectivity index (χ0n) is 19.1. The van der Waals surface area contributed by atoms with E-state index in [9.17, 15) is 18.0 Å². The Morgan fingerprint density at radius 3 is 2.62 bits per heavy atom. The van der Waals surface area contributed by atoms with Crippen molar-refractivity contribution >= 4 is 29.8 Å². The van der Waals surface area contributed by atoms with Crippen LogP contribution in [0.15, 0.2) is 29.3 Å². The Bertz CT molecular complexity index is 1230. The summed E-state index contributed by atoms with van der Waals surface area (Å²) in [4.78, 5) is 24.6. The Kier molecular flexibility index (Phi) is 6.56. The van der Waals surface area contributed by atoms with E-state index >= 15 is 0 Å². The maximum atomic E-state index is 13.4. The van der Waals surface area contributed by atoms with Gasteiger partial charge in [0.25, 0.3) is 0 Å². The lowest BCUT2D eigenvalue weighted by atomic mass is 9.98. The number of imidazole rings is 1. The number of hydrogen-bond donors (Lipinski definition) is 0. The van der Waals surface area contributed by atoms with Crippen molar-refractivity contribution in [2.45, 2.75) is 19.5 Å². The van der Waals surface area contributed by atoms with E-state index in [0.717, 1.165) is 6.07 Å². The molecule has 1 aromatic carbocycles. The van der Waals surface area contributed by atoms with Gasteiger partial charge in [0, 0.05) is 39.7 Å². The van der Waals surface area contributed by atoms with Crippen LogP contribution in [0.4, 0.5) is 24.7 Å². The van der Waals surface area contributed by atoms with Crippen molar-refractivity contribution in [2.24, 2.45) is 4.99 Å². The van der Waals surface area contributed by atoms with Gasteiger partial charge in [-0.25, -0.2) is 14.5 Å². The van der Waals surface area contributed by atoms with E-state index in [1.165, 1.54) is 17.5 Å². The summed E-state index contributed by atoms with van der Waals surface area (Å²) < 4.78 is 47.3. The van der Waals surface area contributed by atoms with Crippen molar-refractivity contribution in [3.05, 3.63) is 52.3 Å². The Morgan fingerprint density at radius 2 is 1.97 bits per heavy atom. The summed E-state index contributed by atoms with van der Waals surface area (Å²) in [6.45, 7) is 3.80. The van der Waals surface area contributed by atoms with Gasteiger partial charge in [-0.1, -0.05) is 12.1 Å². The summed E-state index contributed by atoms with van der Waals surface area (Å²) in [5.74, 6) is 0.624. The van der Waals surface area contributed by atoms with Crippen LogP contribution < -0.4 is 4.90 Å². The van der Waals surface area contributed by atoms with Crippen molar-refractivity contribution in [3.8, 4) is 0 Å². The molecular formula is C23H25F3N6O2. The molecule has 0 radical (unpaired) electrons. The fourth-order valence-corrected chi connectivity index (χ4v) is 3.90. The molecule has 1 saturated heterocycles. The molecule has 4 rings (SSSR count). The first-order chi connectivity index (χ1) is 16.2. The highest BCUT2D eigenvalue weighted by Gasteiger charge is 2.33. The molecule has 8 nitrogen and oxygen atoms in total. The number of alkyl halides is 3. The predicted molar refractivity (Wildman–Crippen MR) is 122 cm³/mol. The molecule has 0 N–H and O–H groups in total. The molecule has 0 spiro atoms. The zero-order valence-corrected chi connectivity index (χ0v) is 19.1. The molecule has 0 atom stereocenters. The summed E-state index contributed by atoms with van der Waals surface area (Å²) in [5.41, 5.74) is 1.23. The number of aromatic nitrogens is 3. The molecule has 0 unspecified atom stereocenters. The number of fused-ring (bicyclic) bond motifs is 1. The number of ether oxygens (including phenoxy) is 1. The topological polar surface area (TPSA) is 75.3 Å². The highest BCUT2D eigenvalue weighted by atomic mass is 19.4. The van der Waals surface area contributed by atoms with Crippen LogP contribution in [0.5, 0.6) is 0 Å². The normalized spacial score (nSPS) is 14.8. The van der Waals surface area contributed by atoms with Crippen LogP contribution in [0.25, 0.3) is 5.65 Å². The Hall–Kier alpha value is -3.47. The molecule has 0 saturated carbocycles. The second-order valence-corrected chi connectivity index (χ2v) is 8.26. The maximum Gasteiger partial charge on any atom is 0.416 e. The molecule has 3 aromatic rings. The summed E-state index contributed by atoms with van der Waals surface area (Å²) in [6.07, 6.45) is -2.20. The minimum atomic E-state index is -4.47. The zero-order chi connectivity index (χ0) is 24.5. The SMILES string of the molecule is Cc1c(Cc2c(C=O)nc3c(N=CN(C)C)cc(N4CCOCC4)nn23)cccc1C(F)(F)F. The average Bonchev–Trinajstić information content (AvgIpc) is 3.16. The van der Waals surface area contributed by atoms with E-state index in [2.05, 4.69) is 9.98 Å². The second-order valence-electron chi connectivity index (χ2n) is 8.26. The molecule has 1 fully saturated rings. The highest BCUT2D eigenvalue weighted by Crippen LogP contribution is 2.34. The van der Waals surface area contributed by atoms with Gasteiger partial charge in [-0.3, -0.25) is 4.79 Å². The first-order valence-electron chi connectivity index (χ1n) is 10.8. The monoisotopic (exact) mass is 474 g/mol. The van der Waals surface area contributed by atoms with Gasteiger partial charge in [-0.2, -0.15) is 13.2 Å². The molecular weight excluding hydrogens is 449 g/mol. The third-order valence-corrected chi connectivity index (χ3v) is 5.66. The van der Waals surface area contributed by atoms with Crippen molar-refractivity contribution < 1.29 is 22.7 Å². The van der Waals surface area contributed by atoms with Crippen LogP contribution in [-0.2, 0) is 17.3 Å². The Labute approximate surface area is 194 Å². The van der Waals surface area contributed by atoms with Gasteiger partial charge < -0.3 is 14.5 Å². The van der Waals surface area contributed by atoms with Crippen molar-refractivity contribution in [2.75, 3.05) is 45.3 Å². The minimum Gasteiger partial charge on any atom is -0.378 e. The van der Waals surface area contributed by atoms with Crippen LogP contribution in [0.3, 0.4) is 0 Å². The maximum absolute atomic E-state index is 13.4. The van der Waals surface area contributed by atoms with Gasteiger partial charge in [0.2, 0.25) is 0 Å². The van der Waals surface area contributed by atoms with Gasteiger partial charge in [0.1, 0.15) is 11.4 Å². The number of carbonyl (C=O) groups excluding carboxylic acids is 1. The third kappa shape index (κ3) is 4.74. The highest BCUT2D eigenvalue weighted by molar-refractivity contribution is 5.80. The standard InChI is InChI=1S/C23H25F3N6O2/c1-15-16(5-4-6-17(15)23(24,25)26)11-20-19(13-33)28-22-18(27-14-30(2)3)12-21(29-32(20)22)31-7-9-34-10-8-31/h4-6,12-14H,7-11H2,1-3H3. The number of aldehydes is 1. The van der Waals surface area contributed by atoms with E-state index in [1.807, 2.05) is 19.0 Å². The smallest absolute Gasteiger partial charge is 0.378 e. The van der Waals surface area contributed by atoms with Gasteiger partial charge in [-0.15, -0.1) is 5.10 Å². The number of carbonyl (C=O) groups is 1. The molecule has 0 aliphatic carbocycles. The fraction of sp³-hybridized carbons (Fsp3) is 0.391. The van der Waals surface area contributed by atoms with Crippen LogP contribution in [0.1, 0.15) is 32.9 Å². The molecule has 1 aliphatic rings. The third-order valence-electron chi connectivity index (χ3n) is 5.66. The van der Waals surface area contributed by atoms with Gasteiger partial charge in [0.15, 0.2) is 17.8 Å². The van der Waals surface area contributed by atoms with Crippen LogP contribution >= 0.6 is 0 Å². The van der Waals surface area contributed by atoms with Crippen LogP contribution in [-0.4, -0.2) is 72.5 Å². The minimum absolute atomic E-state index is 0.0569. The Morgan fingerprint density at radius 1 is 1.24 bits per heavy atom. The number of hydrogen-bond acceptors (Lipinski definition) is 6. The molecule has 34 heavy (non-hydrogen) atoms. The number of anilines is 1. The molecule has 1 aliphatic heterocycles. The molecule has 11 heteroatoms. The van der Waals surface area contributed by atoms with E-state index in [-0.39, 0.29) is 17.7 Å². The summed E-state index contributed by atoms with van der Waals surface area (Å²) >= 11 is 0. The summed E-state index contributed by atoms with van der Waals surface area (Å²) in [7, 11) is 3.66. The van der Waals surface area contributed by atoms with Gasteiger partial charge >= 0.3 is 6.18 Å². The molecule has 0 amide bonds. The second kappa shape index (κ2) is 9.41. The lowest BCUT2D eigenvalue weighted by Gasteiger charge is -2.28. The van der Waals surface area contributed by atoms with E-state index in [1.54, 1.807) is 23.4 Å². The van der Waals surface area contributed by atoms with Gasteiger partial charge in [0.05, 0.1) is 30.8 Å². The molecule has 2 aromatic heterocycles. The van der Waals surface area contributed by atoms with Crippen molar-refractivity contribution in [1.29, 1.82) is 0 Å². The summed E-state index contributed by atoms with van der Waals surface area (Å²) in [5, 5.41) is 4.71. The van der Waals surface area contributed by atoms with Gasteiger partial charge in [-0.05, 0) is 24.1 Å². The number of rotatable bonds is 6. The fourth-order valence-electron chi connectivity index (χ4n) is 3.90. The lowest BCUT2D eigenvalue weighted by Crippen LogP contribution is -2.37. The van der Waals surface area contributed by atoms with Crippen molar-refractivity contribution in [3.63, 3.8) is 0 Å². The predicted octanol–water partition coefficient (Wildman–Crippen LogP) is 3.52. The quantitative estimate of drug-likeness (QED) is 0.309. The number of aliphatic imine (C=N–C) groups is 1. The number of morpholine rings is 1. The average molecular weight is 474 g/mol. The first-order valence-corrected chi connectivity index (χ1v) is 10.8. The summed E-state index contributed by atoms with van der Waals surface area (Å²) in [6, 6.07) is 5.84. The van der Waals surface area contributed by atoms with Crippen LogP contribution in [0, 0.1) is 6.92 Å². The number of nitrogens with zero attached hydrogens (tertiary/aromatic N) is 6.